The maximum atomic E-state index is 11.2. The van der Waals surface area contributed by atoms with Gasteiger partial charge in [-0.2, -0.15) is 0 Å². The number of hydrogen-bond donors (Lipinski definition) is 2. The molecule has 74 valence electrons. The first kappa shape index (κ1) is 9.21. The van der Waals surface area contributed by atoms with Gasteiger partial charge >= 0.3 is 5.97 Å². The summed E-state index contributed by atoms with van der Waals surface area (Å²) in [5, 5.41) is 9.20. The summed E-state index contributed by atoms with van der Waals surface area (Å²) in [6.45, 7) is 0.446. The third-order valence-electron chi connectivity index (χ3n) is 3.06. The summed E-state index contributed by atoms with van der Waals surface area (Å²) in [5.41, 5.74) is 5.70. The Balaban J connectivity index is 2.36. The van der Waals surface area contributed by atoms with Crippen molar-refractivity contribution in [2.75, 3.05) is 6.54 Å². The molecule has 1 fully saturated rings. The zero-order valence-corrected chi connectivity index (χ0v) is 7.81. The monoisotopic (exact) mass is 191 g/mol. The molecule has 0 saturated heterocycles. The minimum Gasteiger partial charge on any atom is -0.481 e. The first-order chi connectivity index (χ1) is 6.71. The molecule has 1 aliphatic carbocycles. The first-order valence-electron chi connectivity index (χ1n) is 4.71. The number of hydrogen-bond acceptors (Lipinski definition) is 2. The molecular formula is C11H13NO2. The van der Waals surface area contributed by atoms with Crippen LogP contribution in [0.15, 0.2) is 30.3 Å². The molecule has 1 aromatic rings. The summed E-state index contributed by atoms with van der Waals surface area (Å²) < 4.78 is 0. The van der Waals surface area contributed by atoms with Crippen LogP contribution in [0.2, 0.25) is 0 Å². The van der Waals surface area contributed by atoms with Crippen molar-refractivity contribution in [1.29, 1.82) is 0 Å². The number of aliphatic carboxylic acids is 1. The SMILES string of the molecule is NC[C@@H]1C[C@@]1(C(=O)O)c1ccccc1. The normalized spacial score (nSPS) is 29.9. The lowest BCUT2D eigenvalue weighted by Gasteiger charge is -2.11. The van der Waals surface area contributed by atoms with Crippen LogP contribution in [0.25, 0.3) is 0 Å². The highest BCUT2D eigenvalue weighted by Crippen LogP contribution is 2.53. The highest BCUT2D eigenvalue weighted by molar-refractivity contribution is 5.85. The molecule has 0 aliphatic heterocycles. The van der Waals surface area contributed by atoms with Crippen molar-refractivity contribution in [3.8, 4) is 0 Å². The zero-order valence-electron chi connectivity index (χ0n) is 7.81. The van der Waals surface area contributed by atoms with E-state index in [1.54, 1.807) is 0 Å². The summed E-state index contributed by atoms with van der Waals surface area (Å²) in [4.78, 5) is 11.2. The molecule has 0 unspecified atom stereocenters. The van der Waals surface area contributed by atoms with Crippen LogP contribution in [-0.2, 0) is 10.2 Å². The predicted octanol–water partition coefficient (Wildman–Crippen LogP) is 0.988. The lowest BCUT2D eigenvalue weighted by molar-refractivity contribution is -0.140. The summed E-state index contributed by atoms with van der Waals surface area (Å²) in [5.74, 6) is -0.651. The Morgan fingerprint density at radius 1 is 1.50 bits per heavy atom. The lowest BCUT2D eigenvalue weighted by Crippen LogP contribution is -2.25. The van der Waals surface area contributed by atoms with Crippen molar-refractivity contribution in [3.05, 3.63) is 35.9 Å². The Labute approximate surface area is 82.5 Å². The van der Waals surface area contributed by atoms with E-state index in [9.17, 15) is 9.90 Å². The van der Waals surface area contributed by atoms with Crippen molar-refractivity contribution in [2.45, 2.75) is 11.8 Å². The van der Waals surface area contributed by atoms with Crippen molar-refractivity contribution < 1.29 is 9.90 Å². The predicted molar refractivity (Wildman–Crippen MR) is 52.9 cm³/mol. The first-order valence-corrected chi connectivity index (χ1v) is 4.71. The average molecular weight is 191 g/mol. The molecule has 0 bridgehead atoms. The molecule has 2 rings (SSSR count). The van der Waals surface area contributed by atoms with E-state index in [0.717, 1.165) is 5.56 Å². The minimum absolute atomic E-state index is 0.0994. The molecule has 1 aromatic carbocycles. The van der Waals surface area contributed by atoms with Crippen LogP contribution < -0.4 is 5.73 Å². The van der Waals surface area contributed by atoms with Crippen LogP contribution in [0.4, 0.5) is 0 Å². The Kier molecular flexibility index (Phi) is 2.04. The minimum atomic E-state index is -0.751. The van der Waals surface area contributed by atoms with Crippen molar-refractivity contribution in [3.63, 3.8) is 0 Å². The van der Waals surface area contributed by atoms with Gasteiger partial charge in [-0.15, -0.1) is 0 Å². The Morgan fingerprint density at radius 2 is 2.14 bits per heavy atom. The van der Waals surface area contributed by atoms with E-state index in [-0.39, 0.29) is 5.92 Å². The second kappa shape index (κ2) is 3.10. The summed E-state index contributed by atoms with van der Waals surface area (Å²) in [6.07, 6.45) is 0.669. The average Bonchev–Trinajstić information content (AvgIpc) is 2.94. The standard InChI is InChI=1S/C11H13NO2/c12-7-9-6-11(9,10(13)14)8-4-2-1-3-5-8/h1-5,9H,6-7,12H2,(H,13,14)/t9-,11+/m0/s1. The molecular weight excluding hydrogens is 178 g/mol. The van der Waals surface area contributed by atoms with Gasteiger partial charge in [0.05, 0.1) is 5.41 Å². The number of benzene rings is 1. The van der Waals surface area contributed by atoms with E-state index in [4.69, 9.17) is 5.73 Å². The number of carboxylic acids is 1. The number of nitrogens with two attached hydrogens (primary N) is 1. The third-order valence-corrected chi connectivity index (χ3v) is 3.06. The van der Waals surface area contributed by atoms with Gasteiger partial charge in [-0.25, -0.2) is 0 Å². The van der Waals surface area contributed by atoms with E-state index in [2.05, 4.69) is 0 Å². The highest BCUT2D eigenvalue weighted by Gasteiger charge is 2.60. The smallest absolute Gasteiger partial charge is 0.314 e. The fourth-order valence-corrected chi connectivity index (χ4v) is 2.09. The summed E-state index contributed by atoms with van der Waals surface area (Å²) >= 11 is 0. The Morgan fingerprint density at radius 3 is 2.57 bits per heavy atom. The van der Waals surface area contributed by atoms with Crippen molar-refractivity contribution in [1.82, 2.24) is 0 Å². The van der Waals surface area contributed by atoms with E-state index in [1.165, 1.54) is 0 Å². The van der Waals surface area contributed by atoms with E-state index >= 15 is 0 Å². The van der Waals surface area contributed by atoms with Gasteiger partial charge < -0.3 is 10.8 Å². The third kappa shape index (κ3) is 1.13. The van der Waals surface area contributed by atoms with Crippen LogP contribution in [0.3, 0.4) is 0 Å². The van der Waals surface area contributed by atoms with Crippen LogP contribution >= 0.6 is 0 Å². The largest absolute Gasteiger partial charge is 0.481 e. The number of carbonyl (C=O) groups is 1. The molecule has 0 spiro atoms. The summed E-state index contributed by atoms with van der Waals surface area (Å²) in [7, 11) is 0. The number of rotatable bonds is 3. The molecule has 0 amide bonds. The lowest BCUT2D eigenvalue weighted by atomic mass is 9.93. The maximum Gasteiger partial charge on any atom is 0.314 e. The van der Waals surface area contributed by atoms with Gasteiger partial charge in [0, 0.05) is 0 Å². The van der Waals surface area contributed by atoms with Crippen LogP contribution in [0, 0.1) is 5.92 Å². The zero-order chi connectivity index (χ0) is 10.2. The van der Waals surface area contributed by atoms with Gasteiger partial charge in [-0.1, -0.05) is 30.3 Å². The van der Waals surface area contributed by atoms with Gasteiger partial charge in [0.2, 0.25) is 0 Å². The van der Waals surface area contributed by atoms with E-state index < -0.39 is 11.4 Å². The number of carboxylic acid groups (broad SMARTS) is 1. The fourth-order valence-electron chi connectivity index (χ4n) is 2.09. The van der Waals surface area contributed by atoms with Gasteiger partial charge in [0.15, 0.2) is 0 Å². The molecule has 0 aromatic heterocycles. The molecule has 3 N–H and O–H groups in total. The van der Waals surface area contributed by atoms with Gasteiger partial charge in [0.1, 0.15) is 0 Å². The quantitative estimate of drug-likeness (QED) is 0.748. The molecule has 14 heavy (non-hydrogen) atoms. The second-order valence-corrected chi connectivity index (χ2v) is 3.78. The topological polar surface area (TPSA) is 63.3 Å². The van der Waals surface area contributed by atoms with Crippen molar-refractivity contribution >= 4 is 5.97 Å². The summed E-state index contributed by atoms with van der Waals surface area (Å²) in [6, 6.07) is 9.35. The molecule has 0 heterocycles. The van der Waals surface area contributed by atoms with E-state index in [0.29, 0.717) is 13.0 Å². The fraction of sp³-hybridized carbons (Fsp3) is 0.364. The maximum absolute atomic E-state index is 11.2. The Hall–Kier alpha value is -1.35. The molecule has 0 radical (unpaired) electrons. The van der Waals surface area contributed by atoms with Gasteiger partial charge in [0.25, 0.3) is 0 Å². The van der Waals surface area contributed by atoms with Crippen molar-refractivity contribution in [2.24, 2.45) is 11.7 Å². The highest BCUT2D eigenvalue weighted by atomic mass is 16.4. The Bertz CT molecular complexity index is 350. The molecule has 2 atom stereocenters. The molecule has 3 nitrogen and oxygen atoms in total. The van der Waals surface area contributed by atoms with Crippen LogP contribution in [0.5, 0.6) is 0 Å². The van der Waals surface area contributed by atoms with Gasteiger partial charge in [-0.3, -0.25) is 4.79 Å². The van der Waals surface area contributed by atoms with Crippen LogP contribution in [0.1, 0.15) is 12.0 Å². The van der Waals surface area contributed by atoms with Crippen LogP contribution in [-0.4, -0.2) is 17.6 Å². The van der Waals surface area contributed by atoms with Gasteiger partial charge in [-0.05, 0) is 24.4 Å². The molecule has 1 aliphatic rings. The molecule has 1 saturated carbocycles. The second-order valence-electron chi connectivity index (χ2n) is 3.78. The van der Waals surface area contributed by atoms with E-state index in [1.807, 2.05) is 30.3 Å². The molecule has 3 heteroatoms.